The van der Waals surface area contributed by atoms with Gasteiger partial charge in [-0.15, -0.1) is 0 Å². The SMILES string of the molecule is COc1ccc(S(=O)(=O)NCC(=O)NCCN(C)C)cc1OC. The van der Waals surface area contributed by atoms with Crippen molar-refractivity contribution >= 4 is 15.9 Å². The van der Waals surface area contributed by atoms with Crippen molar-refractivity contribution in [1.29, 1.82) is 0 Å². The Hall–Kier alpha value is -1.84. The first-order valence-corrected chi connectivity index (χ1v) is 8.41. The molecule has 8 nitrogen and oxygen atoms in total. The third kappa shape index (κ3) is 6.05. The van der Waals surface area contributed by atoms with Crippen molar-refractivity contribution < 1.29 is 22.7 Å². The summed E-state index contributed by atoms with van der Waals surface area (Å²) in [5.74, 6) is 0.328. The molecule has 23 heavy (non-hydrogen) atoms. The molecule has 9 heteroatoms. The lowest BCUT2D eigenvalue weighted by Gasteiger charge is -2.12. The Labute approximate surface area is 136 Å². The minimum absolute atomic E-state index is 0.00348. The number of nitrogens with zero attached hydrogens (tertiary/aromatic N) is 1. The van der Waals surface area contributed by atoms with Crippen LogP contribution in [-0.4, -0.2) is 67.2 Å². The van der Waals surface area contributed by atoms with Crippen LogP contribution in [0.3, 0.4) is 0 Å². The van der Waals surface area contributed by atoms with Crippen LogP contribution >= 0.6 is 0 Å². The molecule has 0 heterocycles. The number of amides is 1. The van der Waals surface area contributed by atoms with Gasteiger partial charge in [0.15, 0.2) is 11.5 Å². The fourth-order valence-electron chi connectivity index (χ4n) is 1.71. The third-order valence-corrected chi connectivity index (χ3v) is 4.37. The molecular weight excluding hydrogens is 322 g/mol. The number of methoxy groups -OCH3 is 2. The molecule has 1 aromatic carbocycles. The zero-order valence-corrected chi connectivity index (χ0v) is 14.6. The van der Waals surface area contributed by atoms with Gasteiger partial charge in [0.2, 0.25) is 15.9 Å². The molecule has 1 amide bonds. The predicted molar refractivity (Wildman–Crippen MR) is 86.3 cm³/mol. The summed E-state index contributed by atoms with van der Waals surface area (Å²) in [7, 11) is 2.83. The average molecular weight is 345 g/mol. The fourth-order valence-corrected chi connectivity index (χ4v) is 2.71. The highest BCUT2D eigenvalue weighted by molar-refractivity contribution is 7.89. The van der Waals surface area contributed by atoms with E-state index in [2.05, 4.69) is 10.0 Å². The molecule has 0 atom stereocenters. The topological polar surface area (TPSA) is 97.0 Å². The first kappa shape index (κ1) is 19.2. The Bertz CT molecular complexity index is 631. The highest BCUT2D eigenvalue weighted by Crippen LogP contribution is 2.29. The Balaban J connectivity index is 2.67. The molecule has 0 saturated carbocycles. The van der Waals surface area contributed by atoms with Gasteiger partial charge in [-0.1, -0.05) is 0 Å². The Morgan fingerprint density at radius 2 is 1.83 bits per heavy atom. The van der Waals surface area contributed by atoms with Crippen LogP contribution in [0.4, 0.5) is 0 Å². The van der Waals surface area contributed by atoms with Crippen LogP contribution < -0.4 is 19.5 Å². The highest BCUT2D eigenvalue weighted by Gasteiger charge is 2.18. The van der Waals surface area contributed by atoms with Gasteiger partial charge in [-0.2, -0.15) is 0 Å². The van der Waals surface area contributed by atoms with Crippen molar-refractivity contribution in [2.45, 2.75) is 4.90 Å². The second-order valence-electron chi connectivity index (χ2n) is 4.99. The van der Waals surface area contributed by atoms with Gasteiger partial charge in [0.25, 0.3) is 0 Å². The molecule has 0 unspecified atom stereocenters. The quantitative estimate of drug-likeness (QED) is 0.636. The Morgan fingerprint density at radius 1 is 1.17 bits per heavy atom. The van der Waals surface area contributed by atoms with Crippen molar-refractivity contribution in [2.24, 2.45) is 0 Å². The van der Waals surface area contributed by atoms with Gasteiger partial charge in [0.05, 0.1) is 25.7 Å². The molecule has 0 aromatic heterocycles. The minimum Gasteiger partial charge on any atom is -0.493 e. The number of hydrogen-bond donors (Lipinski definition) is 2. The number of hydrogen-bond acceptors (Lipinski definition) is 6. The van der Waals surface area contributed by atoms with Crippen LogP contribution in [0.25, 0.3) is 0 Å². The summed E-state index contributed by atoms with van der Waals surface area (Å²) in [6.07, 6.45) is 0. The van der Waals surface area contributed by atoms with Crippen LogP contribution in [0, 0.1) is 0 Å². The molecule has 0 spiro atoms. The van der Waals surface area contributed by atoms with Gasteiger partial charge in [0, 0.05) is 19.2 Å². The van der Waals surface area contributed by atoms with E-state index in [-0.39, 0.29) is 11.4 Å². The summed E-state index contributed by atoms with van der Waals surface area (Å²) in [4.78, 5) is 13.5. The maximum Gasteiger partial charge on any atom is 0.241 e. The van der Waals surface area contributed by atoms with Gasteiger partial charge in [-0.3, -0.25) is 4.79 Å². The van der Waals surface area contributed by atoms with Gasteiger partial charge >= 0.3 is 0 Å². The van der Waals surface area contributed by atoms with Gasteiger partial charge in [-0.25, -0.2) is 13.1 Å². The first-order valence-electron chi connectivity index (χ1n) is 6.93. The van der Waals surface area contributed by atoms with E-state index in [4.69, 9.17) is 9.47 Å². The van der Waals surface area contributed by atoms with E-state index in [1.165, 1.54) is 32.4 Å². The number of likely N-dealkylation sites (N-methyl/N-ethyl adjacent to an activating group) is 1. The van der Waals surface area contributed by atoms with Crippen molar-refractivity contribution in [3.05, 3.63) is 18.2 Å². The zero-order chi connectivity index (χ0) is 17.5. The molecule has 0 aliphatic heterocycles. The molecule has 2 N–H and O–H groups in total. The molecule has 0 aliphatic rings. The Kier molecular flexibility index (Phi) is 7.27. The van der Waals surface area contributed by atoms with Crippen molar-refractivity contribution in [3.8, 4) is 11.5 Å². The van der Waals surface area contributed by atoms with Crippen LogP contribution in [0.15, 0.2) is 23.1 Å². The van der Waals surface area contributed by atoms with E-state index in [1.807, 2.05) is 19.0 Å². The van der Waals surface area contributed by atoms with Crippen LogP contribution in [0.1, 0.15) is 0 Å². The lowest BCUT2D eigenvalue weighted by molar-refractivity contribution is -0.119. The second-order valence-corrected chi connectivity index (χ2v) is 6.76. The largest absolute Gasteiger partial charge is 0.493 e. The van der Waals surface area contributed by atoms with E-state index >= 15 is 0 Å². The first-order chi connectivity index (χ1) is 10.8. The summed E-state index contributed by atoms with van der Waals surface area (Å²) in [6.45, 7) is 0.794. The molecule has 1 rings (SSSR count). The van der Waals surface area contributed by atoms with E-state index < -0.39 is 15.9 Å². The van der Waals surface area contributed by atoms with Crippen LogP contribution in [0.2, 0.25) is 0 Å². The normalized spacial score (nSPS) is 11.3. The summed E-state index contributed by atoms with van der Waals surface area (Å²) in [5, 5.41) is 2.63. The summed E-state index contributed by atoms with van der Waals surface area (Å²) in [5.41, 5.74) is 0. The smallest absolute Gasteiger partial charge is 0.241 e. The van der Waals surface area contributed by atoms with Gasteiger partial charge < -0.3 is 19.7 Å². The Morgan fingerprint density at radius 3 is 2.39 bits per heavy atom. The standard InChI is InChI=1S/C14H23N3O5S/c1-17(2)8-7-15-14(18)10-16-23(19,20)11-5-6-12(21-3)13(9-11)22-4/h5-6,9,16H,7-8,10H2,1-4H3,(H,15,18). The maximum absolute atomic E-state index is 12.2. The number of sulfonamides is 1. The number of nitrogens with one attached hydrogen (secondary N) is 2. The predicted octanol–water partition coefficient (Wildman–Crippen LogP) is -0.340. The lowest BCUT2D eigenvalue weighted by atomic mass is 10.3. The van der Waals surface area contributed by atoms with Crippen molar-refractivity contribution in [3.63, 3.8) is 0 Å². The van der Waals surface area contributed by atoms with E-state index in [0.29, 0.717) is 24.6 Å². The maximum atomic E-state index is 12.2. The molecule has 1 aromatic rings. The number of ether oxygens (including phenoxy) is 2. The van der Waals surface area contributed by atoms with E-state index in [0.717, 1.165) is 0 Å². The van der Waals surface area contributed by atoms with Gasteiger partial charge in [-0.05, 0) is 26.2 Å². The summed E-state index contributed by atoms with van der Waals surface area (Å²) >= 11 is 0. The van der Waals surface area contributed by atoms with Crippen LogP contribution in [-0.2, 0) is 14.8 Å². The molecule has 0 radical (unpaired) electrons. The average Bonchev–Trinajstić information content (AvgIpc) is 2.52. The number of carbonyl (C=O) groups excluding carboxylic acids is 1. The number of benzene rings is 1. The second kappa shape index (κ2) is 8.70. The van der Waals surface area contributed by atoms with Crippen LogP contribution in [0.5, 0.6) is 11.5 Å². The van der Waals surface area contributed by atoms with Gasteiger partial charge in [0.1, 0.15) is 0 Å². The minimum atomic E-state index is -3.81. The van der Waals surface area contributed by atoms with Crippen molar-refractivity contribution in [2.75, 3.05) is 47.9 Å². The van der Waals surface area contributed by atoms with E-state index in [1.54, 1.807) is 0 Å². The fraction of sp³-hybridized carbons (Fsp3) is 0.500. The monoisotopic (exact) mass is 345 g/mol. The highest BCUT2D eigenvalue weighted by atomic mass is 32.2. The molecule has 130 valence electrons. The molecule has 0 fully saturated rings. The third-order valence-electron chi connectivity index (χ3n) is 2.97. The molecule has 0 bridgehead atoms. The molecule has 0 aliphatic carbocycles. The molecular formula is C14H23N3O5S. The summed E-state index contributed by atoms with van der Waals surface area (Å²) < 4.78 is 36.8. The molecule has 0 saturated heterocycles. The zero-order valence-electron chi connectivity index (χ0n) is 13.8. The van der Waals surface area contributed by atoms with Crippen molar-refractivity contribution in [1.82, 2.24) is 14.9 Å². The number of carbonyl (C=O) groups is 1. The number of rotatable bonds is 9. The van der Waals surface area contributed by atoms with E-state index in [9.17, 15) is 13.2 Å². The lowest BCUT2D eigenvalue weighted by Crippen LogP contribution is -2.39. The summed E-state index contributed by atoms with van der Waals surface area (Å²) in [6, 6.07) is 4.21.